The minimum atomic E-state index is -2.88. The average molecular weight is 455 g/mol. The van der Waals surface area contributed by atoms with Gasteiger partial charge < -0.3 is 20.1 Å². The number of aliphatic imine (C=N–C) groups is 1. The molecule has 0 aromatic heterocycles. The highest BCUT2D eigenvalue weighted by atomic mass is 127. The van der Waals surface area contributed by atoms with Gasteiger partial charge in [-0.05, 0) is 37.0 Å². The molecular formula is C16H24F2IN3O2. The number of methoxy groups -OCH3 is 1. The number of rotatable bonds is 5. The smallest absolute Gasteiger partial charge is 0.387 e. The van der Waals surface area contributed by atoms with Crippen LogP contribution in [0.3, 0.4) is 0 Å². The maximum Gasteiger partial charge on any atom is 0.387 e. The number of piperidine rings is 1. The molecule has 2 rings (SSSR count). The van der Waals surface area contributed by atoms with Crippen LogP contribution in [0.15, 0.2) is 23.2 Å². The van der Waals surface area contributed by atoms with Crippen molar-refractivity contribution in [1.29, 1.82) is 0 Å². The molecule has 1 aromatic carbocycles. The molecular weight excluding hydrogens is 431 g/mol. The molecule has 0 spiro atoms. The third-order valence-corrected chi connectivity index (χ3v) is 3.88. The van der Waals surface area contributed by atoms with Gasteiger partial charge in [-0.3, -0.25) is 0 Å². The molecule has 1 aromatic rings. The van der Waals surface area contributed by atoms with E-state index in [0.717, 1.165) is 19.5 Å². The Bertz CT molecular complexity index is 558. The molecule has 0 bridgehead atoms. The summed E-state index contributed by atoms with van der Waals surface area (Å²) >= 11 is 0. The number of alkyl halides is 2. The van der Waals surface area contributed by atoms with Crippen LogP contribution in [0.1, 0.15) is 25.3 Å². The van der Waals surface area contributed by atoms with E-state index >= 15 is 0 Å². The van der Waals surface area contributed by atoms with Crippen molar-refractivity contribution in [3.8, 4) is 11.5 Å². The largest absolute Gasteiger partial charge is 0.497 e. The van der Waals surface area contributed by atoms with Gasteiger partial charge in [0.25, 0.3) is 0 Å². The van der Waals surface area contributed by atoms with Crippen LogP contribution in [-0.2, 0) is 6.54 Å². The fraction of sp³-hybridized carbons (Fsp3) is 0.562. The number of likely N-dealkylation sites (tertiary alicyclic amines) is 1. The van der Waals surface area contributed by atoms with Gasteiger partial charge in [-0.2, -0.15) is 8.78 Å². The standard InChI is InChI=1S/C16H23F2N3O2.HI/c1-11-4-3-7-21(10-11)16(19)20-9-12-8-13(22-2)5-6-14(12)23-15(17)18;/h5-6,8,11,15H,3-4,7,9-10H2,1-2H3,(H2,19,20);1H. The quantitative estimate of drug-likeness (QED) is 0.420. The Balaban J connectivity index is 0.00000288. The second kappa shape index (κ2) is 9.85. The Morgan fingerprint density at radius 3 is 2.83 bits per heavy atom. The number of guanidine groups is 1. The van der Waals surface area contributed by atoms with Gasteiger partial charge in [0, 0.05) is 18.7 Å². The highest BCUT2D eigenvalue weighted by Gasteiger charge is 2.18. The first-order valence-electron chi connectivity index (χ1n) is 7.66. The lowest BCUT2D eigenvalue weighted by Gasteiger charge is -2.31. The van der Waals surface area contributed by atoms with Gasteiger partial charge in [0.1, 0.15) is 11.5 Å². The zero-order valence-corrected chi connectivity index (χ0v) is 16.2. The first-order chi connectivity index (χ1) is 11.0. The molecule has 1 saturated heterocycles. The summed E-state index contributed by atoms with van der Waals surface area (Å²) in [4.78, 5) is 6.37. The zero-order valence-electron chi connectivity index (χ0n) is 13.9. The summed E-state index contributed by atoms with van der Waals surface area (Å²) in [5, 5.41) is 0. The minimum absolute atomic E-state index is 0. The van der Waals surface area contributed by atoms with E-state index in [4.69, 9.17) is 10.5 Å². The van der Waals surface area contributed by atoms with E-state index in [-0.39, 0.29) is 36.3 Å². The summed E-state index contributed by atoms with van der Waals surface area (Å²) < 4.78 is 34.6. The molecule has 136 valence electrons. The van der Waals surface area contributed by atoms with Crippen LogP contribution in [0.2, 0.25) is 0 Å². The second-order valence-corrected chi connectivity index (χ2v) is 5.72. The summed E-state index contributed by atoms with van der Waals surface area (Å²) in [6, 6.07) is 4.66. The van der Waals surface area contributed by atoms with Crippen LogP contribution in [0.25, 0.3) is 0 Å². The van der Waals surface area contributed by atoms with Crippen LogP contribution >= 0.6 is 24.0 Å². The number of nitrogens with two attached hydrogens (primary N) is 1. The van der Waals surface area contributed by atoms with Crippen LogP contribution < -0.4 is 15.2 Å². The van der Waals surface area contributed by atoms with Crippen LogP contribution in [0.4, 0.5) is 8.78 Å². The normalized spacial score (nSPS) is 18.3. The first-order valence-corrected chi connectivity index (χ1v) is 7.66. The lowest BCUT2D eigenvalue weighted by atomic mass is 10.0. The number of nitrogens with zero attached hydrogens (tertiary/aromatic N) is 2. The van der Waals surface area contributed by atoms with E-state index in [1.807, 2.05) is 4.90 Å². The molecule has 8 heteroatoms. The molecule has 1 aliphatic rings. The van der Waals surface area contributed by atoms with E-state index in [1.54, 1.807) is 12.1 Å². The topological polar surface area (TPSA) is 60.1 Å². The lowest BCUT2D eigenvalue weighted by Crippen LogP contribution is -2.43. The Kier molecular flexibility index (Phi) is 8.51. The predicted molar refractivity (Wildman–Crippen MR) is 100 cm³/mol. The van der Waals surface area contributed by atoms with Crippen molar-refractivity contribution in [2.45, 2.75) is 32.9 Å². The van der Waals surface area contributed by atoms with E-state index in [2.05, 4.69) is 16.7 Å². The van der Waals surface area contributed by atoms with Crippen LogP contribution in [-0.4, -0.2) is 37.7 Å². The molecule has 1 fully saturated rings. The van der Waals surface area contributed by atoms with Gasteiger partial charge in [-0.25, -0.2) is 4.99 Å². The van der Waals surface area contributed by atoms with Gasteiger partial charge in [0.05, 0.1) is 13.7 Å². The highest BCUT2D eigenvalue weighted by molar-refractivity contribution is 14.0. The Morgan fingerprint density at radius 2 is 2.21 bits per heavy atom. The third kappa shape index (κ3) is 5.95. The molecule has 0 radical (unpaired) electrons. The first kappa shape index (κ1) is 20.7. The molecule has 1 unspecified atom stereocenters. The van der Waals surface area contributed by atoms with Crippen molar-refractivity contribution in [3.05, 3.63) is 23.8 Å². The fourth-order valence-electron chi connectivity index (χ4n) is 2.68. The summed E-state index contributed by atoms with van der Waals surface area (Å²) in [5.41, 5.74) is 6.55. The van der Waals surface area contributed by atoms with Crippen LogP contribution in [0, 0.1) is 5.92 Å². The number of halogens is 3. The molecule has 1 aliphatic heterocycles. The number of ether oxygens (including phenoxy) is 2. The molecule has 5 nitrogen and oxygen atoms in total. The zero-order chi connectivity index (χ0) is 16.8. The average Bonchev–Trinajstić information content (AvgIpc) is 2.53. The van der Waals surface area contributed by atoms with Crippen molar-refractivity contribution in [3.63, 3.8) is 0 Å². The van der Waals surface area contributed by atoms with Crippen molar-refractivity contribution < 1.29 is 18.3 Å². The molecule has 1 heterocycles. The maximum absolute atomic E-state index is 12.5. The van der Waals surface area contributed by atoms with Gasteiger partial charge in [-0.1, -0.05) is 6.92 Å². The molecule has 24 heavy (non-hydrogen) atoms. The minimum Gasteiger partial charge on any atom is -0.497 e. The maximum atomic E-state index is 12.5. The highest BCUT2D eigenvalue weighted by Crippen LogP contribution is 2.26. The third-order valence-electron chi connectivity index (χ3n) is 3.88. The molecule has 0 amide bonds. The Hall–Kier alpha value is -1.32. The van der Waals surface area contributed by atoms with Crippen molar-refractivity contribution >= 4 is 29.9 Å². The van der Waals surface area contributed by atoms with Crippen molar-refractivity contribution in [2.75, 3.05) is 20.2 Å². The lowest BCUT2D eigenvalue weighted by molar-refractivity contribution is -0.0504. The fourth-order valence-corrected chi connectivity index (χ4v) is 2.68. The van der Waals surface area contributed by atoms with Crippen molar-refractivity contribution in [1.82, 2.24) is 4.90 Å². The molecule has 0 aliphatic carbocycles. The van der Waals surface area contributed by atoms with Gasteiger partial charge in [0.15, 0.2) is 5.96 Å². The summed E-state index contributed by atoms with van der Waals surface area (Å²) in [5.74, 6) is 1.65. The Labute approximate surface area is 158 Å². The van der Waals surface area contributed by atoms with Gasteiger partial charge in [0.2, 0.25) is 0 Å². The number of benzene rings is 1. The molecule has 1 atom stereocenters. The van der Waals surface area contributed by atoms with Gasteiger partial charge >= 0.3 is 6.61 Å². The van der Waals surface area contributed by atoms with E-state index in [9.17, 15) is 8.78 Å². The van der Waals surface area contributed by atoms with E-state index < -0.39 is 6.61 Å². The van der Waals surface area contributed by atoms with E-state index in [0.29, 0.717) is 23.2 Å². The molecule has 2 N–H and O–H groups in total. The van der Waals surface area contributed by atoms with Gasteiger partial charge in [-0.15, -0.1) is 24.0 Å². The summed E-state index contributed by atoms with van der Waals surface area (Å²) in [7, 11) is 1.51. The Morgan fingerprint density at radius 1 is 1.46 bits per heavy atom. The molecule has 0 saturated carbocycles. The summed E-state index contributed by atoms with van der Waals surface area (Å²) in [6.45, 7) is 1.20. The number of hydrogen-bond acceptors (Lipinski definition) is 3. The van der Waals surface area contributed by atoms with Crippen LogP contribution in [0.5, 0.6) is 11.5 Å². The SMILES string of the molecule is COc1ccc(OC(F)F)c(CN=C(N)N2CCCC(C)C2)c1.I. The second-order valence-electron chi connectivity index (χ2n) is 5.72. The van der Waals surface area contributed by atoms with Crippen molar-refractivity contribution in [2.24, 2.45) is 16.6 Å². The monoisotopic (exact) mass is 455 g/mol. The number of hydrogen-bond donors (Lipinski definition) is 1. The van der Waals surface area contributed by atoms with E-state index in [1.165, 1.54) is 19.6 Å². The summed E-state index contributed by atoms with van der Waals surface area (Å²) in [6.07, 6.45) is 2.27. The predicted octanol–water partition coefficient (Wildman–Crippen LogP) is 3.46.